The molecule has 5 N–H and O–H groups in total. The van der Waals surface area contributed by atoms with Crippen molar-refractivity contribution in [2.75, 3.05) is 19.6 Å². The van der Waals surface area contributed by atoms with E-state index in [0.717, 1.165) is 36.8 Å². The fourth-order valence-corrected chi connectivity index (χ4v) is 9.06. The van der Waals surface area contributed by atoms with E-state index in [9.17, 15) is 20.1 Å². The molecule has 0 saturated heterocycles. The number of nitrogens with zero attached hydrogens (tertiary/aromatic N) is 1. The lowest BCUT2D eigenvalue weighted by Gasteiger charge is -2.57. The Kier molecular flexibility index (Phi) is 7.29. The molecule has 7 nitrogen and oxygen atoms in total. The third-order valence-electron chi connectivity index (χ3n) is 10.8. The molecular weight excluding hydrogens is 488 g/mol. The molecule has 0 aliphatic heterocycles. The molecule has 0 bridgehead atoms. The first kappa shape index (κ1) is 26.3. The average Bonchev–Trinajstić information content (AvgIpc) is 3.77. The highest BCUT2D eigenvalue weighted by molar-refractivity contribution is 7.75. The van der Waals surface area contributed by atoms with E-state index in [4.69, 9.17) is 9.92 Å². The van der Waals surface area contributed by atoms with Crippen molar-refractivity contribution < 1.29 is 24.3 Å². The summed E-state index contributed by atoms with van der Waals surface area (Å²) in [4.78, 5) is 14.9. The molecule has 4 saturated carbocycles. The molecule has 0 radical (unpaired) electrons. The molecular formula is C29H44N2O5S. The predicted molar refractivity (Wildman–Crippen MR) is 143 cm³/mol. The van der Waals surface area contributed by atoms with Gasteiger partial charge in [-0.1, -0.05) is 17.7 Å². The van der Waals surface area contributed by atoms with Crippen LogP contribution < -0.4 is 5.73 Å². The van der Waals surface area contributed by atoms with Crippen LogP contribution in [0.2, 0.25) is 0 Å². The van der Waals surface area contributed by atoms with Crippen LogP contribution in [0.3, 0.4) is 0 Å². The van der Waals surface area contributed by atoms with Crippen LogP contribution in [0.4, 0.5) is 0 Å². The Balaban J connectivity index is 1.24. The molecule has 0 aromatic heterocycles. The summed E-state index contributed by atoms with van der Waals surface area (Å²) in [5, 5.41) is 34.5. The summed E-state index contributed by atoms with van der Waals surface area (Å²) >= 11 is 4.08. The minimum atomic E-state index is -0.850. The van der Waals surface area contributed by atoms with Crippen molar-refractivity contribution in [3.63, 3.8) is 0 Å². The minimum Gasteiger partial charge on any atom is -0.392 e. The van der Waals surface area contributed by atoms with Gasteiger partial charge < -0.3 is 30.1 Å². The zero-order valence-electron chi connectivity index (χ0n) is 21.9. The lowest BCUT2D eigenvalue weighted by Crippen LogP contribution is -2.62. The fourth-order valence-electron chi connectivity index (χ4n) is 8.82. The third kappa shape index (κ3) is 4.95. The summed E-state index contributed by atoms with van der Waals surface area (Å²) < 4.78 is 5.48. The molecule has 8 heteroatoms. The van der Waals surface area contributed by atoms with Crippen molar-refractivity contribution in [3.05, 3.63) is 23.3 Å². The second-order valence-electron chi connectivity index (χ2n) is 13.3. The molecule has 4 fully saturated rings. The van der Waals surface area contributed by atoms with Crippen molar-refractivity contribution in [3.8, 4) is 0 Å². The zero-order valence-corrected chi connectivity index (χ0v) is 22.8. The number of amides is 1. The first-order chi connectivity index (χ1) is 17.8. The van der Waals surface area contributed by atoms with Crippen molar-refractivity contribution in [1.82, 2.24) is 4.90 Å². The number of aliphatic hydroxyl groups excluding tert-OH is 3. The number of nitrogens with two attached hydrogens (primary N) is 1. The number of rotatable bonds is 8. The summed E-state index contributed by atoms with van der Waals surface area (Å²) in [6.45, 7) is 5.27. The molecule has 6 aliphatic carbocycles. The maximum Gasteiger partial charge on any atom is 0.247 e. The summed E-state index contributed by atoms with van der Waals surface area (Å²) in [5.74, 6) is 0.945. The maximum absolute atomic E-state index is 12.2. The third-order valence-corrected chi connectivity index (χ3v) is 11.0. The summed E-state index contributed by atoms with van der Waals surface area (Å²) in [7, 11) is 0. The molecule has 37 heavy (non-hydrogen) atoms. The number of aliphatic hydroxyl groups is 3. The normalized spacial score (nSPS) is 45.4. The molecule has 11 atom stereocenters. The van der Waals surface area contributed by atoms with Crippen molar-refractivity contribution in [2.45, 2.75) is 76.3 Å². The van der Waals surface area contributed by atoms with Gasteiger partial charge in [0, 0.05) is 43.0 Å². The van der Waals surface area contributed by atoms with E-state index < -0.39 is 30.3 Å². The van der Waals surface area contributed by atoms with E-state index in [1.54, 1.807) is 0 Å². The molecule has 0 spiro atoms. The Morgan fingerprint density at radius 2 is 1.62 bits per heavy atom. The number of carbonyl (C=O) groups excluding carboxylic acids is 1. The van der Waals surface area contributed by atoms with Crippen LogP contribution in [0.15, 0.2) is 23.3 Å². The first-order valence-electron chi connectivity index (χ1n) is 14.5. The Hall–Kier alpha value is -0.900. The van der Waals surface area contributed by atoms with E-state index in [0.29, 0.717) is 17.9 Å². The highest BCUT2D eigenvalue weighted by atomic mass is 32.1. The molecule has 1 amide bonds. The average molecular weight is 533 g/mol. The SMILES string of the molecule is CC1=C(C(N)=O)C(OS)C2C(C1)CC1CC3C(CN(CC4CC4)CC4CC4)C=CC(O)C3C(O)C1C2O. The quantitative estimate of drug-likeness (QED) is 0.186. The monoisotopic (exact) mass is 532 g/mol. The number of carbonyl (C=O) groups is 1. The summed E-state index contributed by atoms with van der Waals surface area (Å²) in [6, 6.07) is 0. The molecule has 11 unspecified atom stereocenters. The molecule has 206 valence electrons. The number of hydrogen-bond acceptors (Lipinski definition) is 7. The van der Waals surface area contributed by atoms with Crippen molar-refractivity contribution >= 4 is 18.8 Å². The van der Waals surface area contributed by atoms with E-state index in [1.165, 1.54) is 38.8 Å². The lowest BCUT2D eigenvalue weighted by atomic mass is 9.50. The lowest BCUT2D eigenvalue weighted by molar-refractivity contribution is -0.179. The van der Waals surface area contributed by atoms with Gasteiger partial charge in [0.05, 0.1) is 18.3 Å². The predicted octanol–water partition coefficient (Wildman–Crippen LogP) is 2.32. The highest BCUT2D eigenvalue weighted by Crippen LogP contribution is 2.56. The van der Waals surface area contributed by atoms with Crippen LogP contribution >= 0.6 is 12.9 Å². The highest BCUT2D eigenvalue weighted by Gasteiger charge is 2.58. The van der Waals surface area contributed by atoms with Crippen LogP contribution in [0.5, 0.6) is 0 Å². The largest absolute Gasteiger partial charge is 0.392 e. The van der Waals surface area contributed by atoms with Gasteiger partial charge in [-0.25, -0.2) is 0 Å². The Morgan fingerprint density at radius 3 is 2.22 bits per heavy atom. The minimum absolute atomic E-state index is 0.143. The topological polar surface area (TPSA) is 116 Å². The summed E-state index contributed by atoms with van der Waals surface area (Å²) in [5.41, 5.74) is 7.01. The van der Waals surface area contributed by atoms with E-state index >= 15 is 0 Å². The van der Waals surface area contributed by atoms with Crippen LogP contribution in [-0.4, -0.2) is 70.2 Å². The van der Waals surface area contributed by atoms with Crippen LogP contribution in [0.25, 0.3) is 0 Å². The molecule has 0 heterocycles. The van der Waals surface area contributed by atoms with E-state index in [-0.39, 0.29) is 35.5 Å². The van der Waals surface area contributed by atoms with Gasteiger partial charge in [-0.2, -0.15) is 0 Å². The maximum atomic E-state index is 12.2. The van der Waals surface area contributed by atoms with Gasteiger partial charge in [-0.3, -0.25) is 4.79 Å². The van der Waals surface area contributed by atoms with E-state index in [1.807, 2.05) is 13.0 Å². The van der Waals surface area contributed by atoms with Gasteiger partial charge in [0.25, 0.3) is 0 Å². The fraction of sp³-hybridized carbons (Fsp3) is 0.828. The molecule has 0 aromatic carbocycles. The van der Waals surface area contributed by atoms with Gasteiger partial charge in [-0.05, 0) is 100 Å². The number of fused-ring (bicyclic) bond motifs is 3. The van der Waals surface area contributed by atoms with Crippen LogP contribution in [0.1, 0.15) is 51.9 Å². The Labute approximate surface area is 226 Å². The van der Waals surface area contributed by atoms with Crippen LogP contribution in [-0.2, 0) is 8.98 Å². The Morgan fingerprint density at radius 1 is 0.973 bits per heavy atom. The second kappa shape index (κ2) is 10.3. The van der Waals surface area contributed by atoms with Gasteiger partial charge in [0.1, 0.15) is 6.10 Å². The number of primary amides is 1. The number of thiol groups is 1. The Bertz CT molecular complexity index is 935. The zero-order chi connectivity index (χ0) is 26.0. The van der Waals surface area contributed by atoms with Gasteiger partial charge >= 0.3 is 0 Å². The smallest absolute Gasteiger partial charge is 0.247 e. The molecule has 6 rings (SSSR count). The molecule has 0 aromatic rings. The van der Waals surface area contributed by atoms with Gasteiger partial charge in [0.2, 0.25) is 5.91 Å². The van der Waals surface area contributed by atoms with Gasteiger partial charge in [0.15, 0.2) is 0 Å². The van der Waals surface area contributed by atoms with Crippen molar-refractivity contribution in [2.24, 2.45) is 59.0 Å². The first-order valence-corrected chi connectivity index (χ1v) is 14.9. The van der Waals surface area contributed by atoms with E-state index in [2.05, 4.69) is 23.9 Å². The number of allylic oxidation sites excluding steroid dienone is 1. The van der Waals surface area contributed by atoms with Gasteiger partial charge in [-0.15, -0.1) is 0 Å². The number of hydrogen-bond donors (Lipinski definition) is 5. The standard InChI is InChI=1S/C29H44N2O5S/c1-14-8-18-9-19-10-20-17(13-31(11-15-2-3-15)12-16-4-5-16)6-7-21(32)25(20)27(34)23(19)26(33)24(18)28(36-37)22(14)29(30)35/h6-7,15-21,23-28,32-34,37H,2-5,8-13H2,1H3,(H2,30,35). The summed E-state index contributed by atoms with van der Waals surface area (Å²) in [6.07, 6.45) is 8.87. The van der Waals surface area contributed by atoms with Crippen molar-refractivity contribution in [1.29, 1.82) is 0 Å². The molecule has 6 aliphatic rings. The second-order valence-corrected chi connectivity index (χ2v) is 13.5. The van der Waals surface area contributed by atoms with Crippen LogP contribution in [0, 0.1) is 53.3 Å².